The van der Waals surface area contributed by atoms with Gasteiger partial charge in [0.1, 0.15) is 11.6 Å². The second kappa shape index (κ2) is 7.85. The second-order valence-electron chi connectivity index (χ2n) is 6.19. The minimum Gasteiger partial charge on any atom is -0.314 e. The third-order valence-electron chi connectivity index (χ3n) is 4.26. The van der Waals surface area contributed by atoms with E-state index in [1.54, 1.807) is 0 Å². The third-order valence-corrected chi connectivity index (χ3v) is 4.26. The van der Waals surface area contributed by atoms with Crippen molar-refractivity contribution in [3.63, 3.8) is 0 Å². The first-order chi connectivity index (χ1) is 10.1. The minimum atomic E-state index is -0.529. The molecule has 2 N–H and O–H groups in total. The van der Waals surface area contributed by atoms with E-state index in [9.17, 15) is 8.78 Å². The van der Waals surface area contributed by atoms with Crippen molar-refractivity contribution in [2.45, 2.75) is 64.1 Å². The van der Waals surface area contributed by atoms with Gasteiger partial charge in [0, 0.05) is 29.8 Å². The summed E-state index contributed by atoms with van der Waals surface area (Å²) < 4.78 is 26.7. The van der Waals surface area contributed by atoms with Crippen LogP contribution in [0.1, 0.15) is 57.6 Å². The van der Waals surface area contributed by atoms with Crippen molar-refractivity contribution in [2.75, 3.05) is 6.54 Å². The maximum Gasteiger partial charge on any atom is 0.130 e. The molecule has 2 rings (SSSR count). The van der Waals surface area contributed by atoms with Crippen LogP contribution < -0.4 is 10.6 Å². The fourth-order valence-corrected chi connectivity index (χ4v) is 3.17. The SMILES string of the molecule is CC(CC1CCCCCN1)NC(C)c1ccc(F)cc1F. The number of benzene rings is 1. The number of hydrogen-bond donors (Lipinski definition) is 2. The lowest BCUT2D eigenvalue weighted by Crippen LogP contribution is -2.37. The van der Waals surface area contributed by atoms with E-state index in [-0.39, 0.29) is 6.04 Å². The molecule has 0 radical (unpaired) electrons. The van der Waals surface area contributed by atoms with Crippen LogP contribution in [0.5, 0.6) is 0 Å². The van der Waals surface area contributed by atoms with E-state index in [1.165, 1.54) is 37.8 Å². The normalized spacial score (nSPS) is 22.6. The highest BCUT2D eigenvalue weighted by Gasteiger charge is 2.18. The molecule has 1 heterocycles. The molecule has 3 atom stereocenters. The summed E-state index contributed by atoms with van der Waals surface area (Å²) in [6, 6.07) is 4.50. The molecule has 1 aliphatic rings. The Labute approximate surface area is 126 Å². The molecule has 118 valence electrons. The number of rotatable bonds is 5. The Hall–Kier alpha value is -1.00. The minimum absolute atomic E-state index is 0.119. The van der Waals surface area contributed by atoms with Crippen molar-refractivity contribution in [3.8, 4) is 0 Å². The third kappa shape index (κ3) is 5.04. The first-order valence-corrected chi connectivity index (χ1v) is 8.00. The summed E-state index contributed by atoms with van der Waals surface area (Å²) in [5.41, 5.74) is 0.525. The van der Waals surface area contributed by atoms with Crippen molar-refractivity contribution in [1.82, 2.24) is 10.6 Å². The molecule has 3 unspecified atom stereocenters. The molecule has 4 heteroatoms. The van der Waals surface area contributed by atoms with E-state index >= 15 is 0 Å². The average molecular weight is 296 g/mol. The second-order valence-corrected chi connectivity index (χ2v) is 6.19. The maximum atomic E-state index is 13.8. The average Bonchev–Trinajstić information content (AvgIpc) is 2.66. The lowest BCUT2D eigenvalue weighted by molar-refractivity contribution is 0.376. The fourth-order valence-electron chi connectivity index (χ4n) is 3.17. The smallest absolute Gasteiger partial charge is 0.130 e. The zero-order valence-electron chi connectivity index (χ0n) is 13.0. The molecule has 1 aliphatic heterocycles. The molecule has 21 heavy (non-hydrogen) atoms. The molecule has 0 aromatic heterocycles. The Balaban J connectivity index is 1.87. The molecule has 0 amide bonds. The van der Waals surface area contributed by atoms with Crippen LogP contribution in [0.2, 0.25) is 0 Å². The van der Waals surface area contributed by atoms with Gasteiger partial charge < -0.3 is 10.6 Å². The summed E-state index contributed by atoms with van der Waals surface area (Å²) in [5.74, 6) is -1.01. The number of halogens is 2. The summed E-state index contributed by atoms with van der Waals surface area (Å²) in [6.07, 6.45) is 6.10. The molecule has 1 aromatic rings. The monoisotopic (exact) mass is 296 g/mol. The van der Waals surface area contributed by atoms with Crippen LogP contribution in [-0.2, 0) is 0 Å². The van der Waals surface area contributed by atoms with Gasteiger partial charge in [0.15, 0.2) is 0 Å². The van der Waals surface area contributed by atoms with Gasteiger partial charge in [0.2, 0.25) is 0 Å². The van der Waals surface area contributed by atoms with Crippen LogP contribution in [0, 0.1) is 11.6 Å². The molecule has 0 bridgehead atoms. The van der Waals surface area contributed by atoms with Crippen molar-refractivity contribution >= 4 is 0 Å². The van der Waals surface area contributed by atoms with Crippen LogP contribution in [0.25, 0.3) is 0 Å². The van der Waals surface area contributed by atoms with Gasteiger partial charge in [0.05, 0.1) is 0 Å². The summed E-state index contributed by atoms with van der Waals surface area (Å²) in [6.45, 7) is 5.15. The van der Waals surface area contributed by atoms with Crippen molar-refractivity contribution in [2.24, 2.45) is 0 Å². The van der Waals surface area contributed by atoms with E-state index in [2.05, 4.69) is 17.6 Å². The van der Waals surface area contributed by atoms with Gasteiger partial charge in [0.25, 0.3) is 0 Å². The van der Waals surface area contributed by atoms with Gasteiger partial charge in [-0.2, -0.15) is 0 Å². The van der Waals surface area contributed by atoms with E-state index in [1.807, 2.05) is 6.92 Å². The molecule has 2 nitrogen and oxygen atoms in total. The molecule has 1 fully saturated rings. The van der Waals surface area contributed by atoms with Crippen LogP contribution in [0.3, 0.4) is 0 Å². The maximum absolute atomic E-state index is 13.8. The lowest BCUT2D eigenvalue weighted by Gasteiger charge is -2.25. The quantitative estimate of drug-likeness (QED) is 0.860. The lowest BCUT2D eigenvalue weighted by atomic mass is 10.0. The van der Waals surface area contributed by atoms with Gasteiger partial charge in [-0.05, 0) is 45.7 Å². The Morgan fingerprint density at radius 1 is 1.24 bits per heavy atom. The van der Waals surface area contributed by atoms with Crippen molar-refractivity contribution in [1.29, 1.82) is 0 Å². The van der Waals surface area contributed by atoms with E-state index in [0.29, 0.717) is 17.6 Å². The first-order valence-electron chi connectivity index (χ1n) is 8.00. The largest absolute Gasteiger partial charge is 0.314 e. The summed E-state index contributed by atoms with van der Waals surface area (Å²) in [7, 11) is 0. The summed E-state index contributed by atoms with van der Waals surface area (Å²) in [4.78, 5) is 0. The Kier molecular flexibility index (Phi) is 6.12. The summed E-state index contributed by atoms with van der Waals surface area (Å²) in [5, 5.41) is 7.00. The highest BCUT2D eigenvalue weighted by atomic mass is 19.1. The van der Waals surface area contributed by atoms with Crippen LogP contribution in [-0.4, -0.2) is 18.6 Å². The predicted octanol–water partition coefficient (Wildman–Crippen LogP) is 3.93. The first kappa shape index (κ1) is 16.4. The highest BCUT2D eigenvalue weighted by molar-refractivity contribution is 5.21. The Bertz CT molecular complexity index is 442. The van der Waals surface area contributed by atoms with Gasteiger partial charge in [-0.25, -0.2) is 8.78 Å². The zero-order chi connectivity index (χ0) is 15.2. The molecule has 0 aliphatic carbocycles. The van der Waals surface area contributed by atoms with Crippen LogP contribution in [0.15, 0.2) is 18.2 Å². The molecule has 1 aromatic carbocycles. The standard InChI is InChI=1S/C17H26F2N2/c1-12(10-15-6-4-3-5-9-20-15)21-13(2)16-8-7-14(18)11-17(16)19/h7-8,11-13,15,20-21H,3-6,9-10H2,1-2H3. The van der Waals surface area contributed by atoms with Crippen LogP contribution >= 0.6 is 0 Å². The van der Waals surface area contributed by atoms with Gasteiger partial charge in [-0.15, -0.1) is 0 Å². The van der Waals surface area contributed by atoms with Crippen LogP contribution in [0.4, 0.5) is 8.78 Å². The van der Waals surface area contributed by atoms with E-state index < -0.39 is 11.6 Å². The zero-order valence-corrected chi connectivity index (χ0v) is 13.0. The topological polar surface area (TPSA) is 24.1 Å². The Morgan fingerprint density at radius 2 is 2.05 bits per heavy atom. The van der Waals surface area contributed by atoms with E-state index in [0.717, 1.165) is 19.0 Å². The molecule has 0 spiro atoms. The van der Waals surface area contributed by atoms with Gasteiger partial charge in [-0.3, -0.25) is 0 Å². The molecule has 0 saturated carbocycles. The van der Waals surface area contributed by atoms with Gasteiger partial charge in [-0.1, -0.05) is 18.9 Å². The fraction of sp³-hybridized carbons (Fsp3) is 0.647. The van der Waals surface area contributed by atoms with Crippen molar-refractivity contribution in [3.05, 3.63) is 35.4 Å². The molecule has 1 saturated heterocycles. The highest BCUT2D eigenvalue weighted by Crippen LogP contribution is 2.20. The number of nitrogens with one attached hydrogen (secondary N) is 2. The van der Waals surface area contributed by atoms with Crippen molar-refractivity contribution < 1.29 is 8.78 Å². The summed E-state index contributed by atoms with van der Waals surface area (Å²) >= 11 is 0. The Morgan fingerprint density at radius 3 is 2.81 bits per heavy atom. The van der Waals surface area contributed by atoms with Gasteiger partial charge >= 0.3 is 0 Å². The predicted molar refractivity (Wildman–Crippen MR) is 82.2 cm³/mol. The molecular formula is C17H26F2N2. The number of hydrogen-bond acceptors (Lipinski definition) is 2. The van der Waals surface area contributed by atoms with E-state index in [4.69, 9.17) is 0 Å². The molecular weight excluding hydrogens is 270 g/mol.